The molecule has 3 atom stereocenters. The lowest BCUT2D eigenvalue weighted by molar-refractivity contribution is -0.132. The van der Waals surface area contributed by atoms with Crippen LogP contribution in [0.5, 0.6) is 0 Å². The normalized spacial score (nSPS) is 24.7. The minimum absolute atomic E-state index is 0.203. The molecule has 23 heavy (non-hydrogen) atoms. The van der Waals surface area contributed by atoms with Gasteiger partial charge in [0.15, 0.2) is 0 Å². The first-order valence-corrected chi connectivity index (χ1v) is 9.05. The molecule has 0 saturated heterocycles. The fourth-order valence-electron chi connectivity index (χ4n) is 3.53. The molecular formula is C20H32N2O. The molecule has 0 bridgehead atoms. The first-order valence-electron chi connectivity index (χ1n) is 9.05. The van der Waals surface area contributed by atoms with Crippen LogP contribution in [0.1, 0.15) is 52.5 Å². The Balaban J connectivity index is 1.91. The average Bonchev–Trinajstić information content (AvgIpc) is 2.54. The molecule has 1 aliphatic rings. The molecule has 3 nitrogen and oxygen atoms in total. The van der Waals surface area contributed by atoms with Gasteiger partial charge in [-0.2, -0.15) is 0 Å². The lowest BCUT2D eigenvalue weighted by atomic mass is 9.78. The predicted octanol–water partition coefficient (Wildman–Crippen LogP) is 3.84. The third kappa shape index (κ3) is 5.07. The fraction of sp³-hybridized carbons (Fsp3) is 0.650. The summed E-state index contributed by atoms with van der Waals surface area (Å²) in [6, 6.07) is 10.9. The minimum Gasteiger partial charge on any atom is -0.335 e. The zero-order chi connectivity index (χ0) is 16.8. The van der Waals surface area contributed by atoms with Crippen molar-refractivity contribution in [3.63, 3.8) is 0 Å². The molecule has 1 amide bonds. The maximum absolute atomic E-state index is 12.7. The van der Waals surface area contributed by atoms with Gasteiger partial charge in [-0.15, -0.1) is 0 Å². The predicted molar refractivity (Wildman–Crippen MR) is 96.1 cm³/mol. The van der Waals surface area contributed by atoms with Gasteiger partial charge >= 0.3 is 0 Å². The number of rotatable bonds is 6. The Hall–Kier alpha value is -1.35. The largest absolute Gasteiger partial charge is 0.335 e. The molecule has 3 unspecified atom stereocenters. The van der Waals surface area contributed by atoms with Crippen LogP contribution in [0, 0.1) is 11.8 Å². The zero-order valence-electron chi connectivity index (χ0n) is 15.1. The highest BCUT2D eigenvalue weighted by atomic mass is 16.2. The van der Waals surface area contributed by atoms with Crippen molar-refractivity contribution in [3.8, 4) is 0 Å². The standard InChI is InChI=1S/C20H32N2O/c1-15(2)22(14-18-10-6-5-7-11-18)20(23)13-21-19-12-8-9-16(3)17(19)4/h5-7,10-11,15-17,19,21H,8-9,12-14H2,1-4H3. The lowest BCUT2D eigenvalue weighted by Crippen LogP contribution is -2.47. The summed E-state index contributed by atoms with van der Waals surface area (Å²) in [7, 11) is 0. The van der Waals surface area contributed by atoms with E-state index in [2.05, 4.69) is 45.1 Å². The summed E-state index contributed by atoms with van der Waals surface area (Å²) in [5, 5.41) is 3.53. The quantitative estimate of drug-likeness (QED) is 0.865. The molecule has 1 aromatic rings. The van der Waals surface area contributed by atoms with Gasteiger partial charge in [-0.05, 0) is 37.7 Å². The summed E-state index contributed by atoms with van der Waals surface area (Å²) in [6.45, 7) is 9.97. The van der Waals surface area contributed by atoms with Crippen molar-refractivity contribution in [2.75, 3.05) is 6.54 Å². The summed E-state index contributed by atoms with van der Waals surface area (Å²) < 4.78 is 0. The third-order valence-electron chi connectivity index (χ3n) is 5.36. The highest BCUT2D eigenvalue weighted by molar-refractivity contribution is 5.78. The fourth-order valence-corrected chi connectivity index (χ4v) is 3.53. The topological polar surface area (TPSA) is 32.3 Å². The van der Waals surface area contributed by atoms with E-state index in [0.29, 0.717) is 25.0 Å². The van der Waals surface area contributed by atoms with Gasteiger partial charge in [0.05, 0.1) is 6.54 Å². The molecule has 1 fully saturated rings. The molecule has 3 heteroatoms. The number of nitrogens with one attached hydrogen (secondary N) is 1. The second kappa shape index (κ2) is 8.49. The van der Waals surface area contributed by atoms with Crippen LogP contribution in [-0.4, -0.2) is 29.4 Å². The van der Waals surface area contributed by atoms with Crippen LogP contribution in [0.15, 0.2) is 30.3 Å². The molecule has 0 aliphatic heterocycles. The van der Waals surface area contributed by atoms with Gasteiger partial charge in [-0.3, -0.25) is 4.79 Å². The van der Waals surface area contributed by atoms with E-state index in [1.165, 1.54) is 24.8 Å². The van der Waals surface area contributed by atoms with Crippen LogP contribution in [0.4, 0.5) is 0 Å². The Bertz CT molecular complexity index is 486. The Kier molecular flexibility index (Phi) is 6.64. The van der Waals surface area contributed by atoms with Crippen molar-refractivity contribution < 1.29 is 4.79 Å². The van der Waals surface area contributed by atoms with E-state index in [0.717, 1.165) is 5.92 Å². The molecule has 1 saturated carbocycles. The maximum Gasteiger partial charge on any atom is 0.237 e. The van der Waals surface area contributed by atoms with Gasteiger partial charge in [0.25, 0.3) is 0 Å². The van der Waals surface area contributed by atoms with Crippen molar-refractivity contribution in [2.45, 2.75) is 65.6 Å². The SMILES string of the molecule is CC1CCCC(NCC(=O)N(Cc2ccccc2)C(C)C)C1C. The number of amides is 1. The molecule has 1 aromatic carbocycles. The highest BCUT2D eigenvalue weighted by Gasteiger charge is 2.27. The molecule has 0 radical (unpaired) electrons. The van der Waals surface area contributed by atoms with E-state index in [1.807, 2.05) is 23.1 Å². The summed E-state index contributed by atoms with van der Waals surface area (Å²) in [5.74, 6) is 1.61. The Morgan fingerprint density at radius 2 is 1.91 bits per heavy atom. The van der Waals surface area contributed by atoms with E-state index in [-0.39, 0.29) is 11.9 Å². The second-order valence-electron chi connectivity index (χ2n) is 7.36. The van der Waals surface area contributed by atoms with Crippen molar-refractivity contribution in [1.29, 1.82) is 0 Å². The maximum atomic E-state index is 12.7. The smallest absolute Gasteiger partial charge is 0.237 e. The van der Waals surface area contributed by atoms with Crippen molar-refractivity contribution >= 4 is 5.91 Å². The number of hydrogen-bond acceptors (Lipinski definition) is 2. The van der Waals surface area contributed by atoms with Crippen LogP contribution < -0.4 is 5.32 Å². The zero-order valence-corrected chi connectivity index (χ0v) is 15.1. The second-order valence-corrected chi connectivity index (χ2v) is 7.36. The molecular weight excluding hydrogens is 284 g/mol. The van der Waals surface area contributed by atoms with E-state index < -0.39 is 0 Å². The van der Waals surface area contributed by atoms with E-state index in [9.17, 15) is 4.79 Å². The van der Waals surface area contributed by atoms with Gasteiger partial charge in [0.2, 0.25) is 5.91 Å². The molecule has 0 aromatic heterocycles. The van der Waals surface area contributed by atoms with Crippen LogP contribution in [0.3, 0.4) is 0 Å². The number of nitrogens with zero attached hydrogens (tertiary/aromatic N) is 1. The van der Waals surface area contributed by atoms with Crippen LogP contribution >= 0.6 is 0 Å². The lowest BCUT2D eigenvalue weighted by Gasteiger charge is -2.35. The van der Waals surface area contributed by atoms with Gasteiger partial charge < -0.3 is 10.2 Å². The van der Waals surface area contributed by atoms with Crippen LogP contribution in [0.2, 0.25) is 0 Å². The molecule has 0 heterocycles. The molecule has 2 rings (SSSR count). The van der Waals surface area contributed by atoms with Gasteiger partial charge in [0.1, 0.15) is 0 Å². The number of hydrogen-bond donors (Lipinski definition) is 1. The molecule has 1 aliphatic carbocycles. The number of carbonyl (C=O) groups excluding carboxylic acids is 1. The van der Waals surface area contributed by atoms with Gasteiger partial charge in [-0.25, -0.2) is 0 Å². The third-order valence-corrected chi connectivity index (χ3v) is 5.36. The average molecular weight is 316 g/mol. The summed E-state index contributed by atoms with van der Waals surface area (Å²) in [6.07, 6.45) is 3.79. The Morgan fingerprint density at radius 1 is 1.22 bits per heavy atom. The first-order chi connectivity index (χ1) is 11.0. The number of benzene rings is 1. The molecule has 128 valence electrons. The molecule has 0 spiro atoms. The number of carbonyl (C=O) groups is 1. The minimum atomic E-state index is 0.203. The summed E-state index contributed by atoms with van der Waals surface area (Å²) >= 11 is 0. The van der Waals surface area contributed by atoms with Crippen molar-refractivity contribution in [2.24, 2.45) is 11.8 Å². The van der Waals surface area contributed by atoms with E-state index in [4.69, 9.17) is 0 Å². The summed E-state index contributed by atoms with van der Waals surface area (Å²) in [4.78, 5) is 14.7. The van der Waals surface area contributed by atoms with Gasteiger partial charge in [0, 0.05) is 18.6 Å². The van der Waals surface area contributed by atoms with Crippen LogP contribution in [0.25, 0.3) is 0 Å². The highest BCUT2D eigenvalue weighted by Crippen LogP contribution is 2.29. The van der Waals surface area contributed by atoms with Crippen LogP contribution in [-0.2, 0) is 11.3 Å². The molecule has 1 N–H and O–H groups in total. The monoisotopic (exact) mass is 316 g/mol. The van der Waals surface area contributed by atoms with Crippen molar-refractivity contribution in [3.05, 3.63) is 35.9 Å². The van der Waals surface area contributed by atoms with Gasteiger partial charge in [-0.1, -0.05) is 57.0 Å². The first kappa shape index (κ1) is 18.0. The van der Waals surface area contributed by atoms with Crippen molar-refractivity contribution in [1.82, 2.24) is 10.2 Å². The Morgan fingerprint density at radius 3 is 2.57 bits per heavy atom. The van der Waals surface area contributed by atoms with E-state index in [1.54, 1.807) is 0 Å². The van der Waals surface area contributed by atoms with E-state index >= 15 is 0 Å². The summed E-state index contributed by atoms with van der Waals surface area (Å²) in [5.41, 5.74) is 1.19. The Labute approximate surface area is 141 Å².